The van der Waals surface area contributed by atoms with Gasteiger partial charge in [0.05, 0.1) is 22.6 Å². The lowest BCUT2D eigenvalue weighted by molar-refractivity contribution is -0.384. The van der Waals surface area contributed by atoms with Crippen LogP contribution in [0.15, 0.2) is 24.3 Å². The zero-order valence-corrected chi connectivity index (χ0v) is 13.3. The van der Waals surface area contributed by atoms with Gasteiger partial charge in [0.1, 0.15) is 17.4 Å². The zero-order valence-electron chi connectivity index (χ0n) is 11.7. The molecule has 0 amide bonds. The van der Waals surface area contributed by atoms with Gasteiger partial charge in [-0.2, -0.15) is 0 Å². The Morgan fingerprint density at radius 2 is 2.24 bits per heavy atom. The van der Waals surface area contributed by atoms with Gasteiger partial charge in [-0.1, -0.05) is 19.9 Å². The Morgan fingerprint density at radius 3 is 2.81 bits per heavy atom. The van der Waals surface area contributed by atoms with Gasteiger partial charge in [0.2, 0.25) is 0 Å². The summed E-state index contributed by atoms with van der Waals surface area (Å²) in [6.45, 7) is 4.41. The first kappa shape index (κ1) is 15.7. The first-order valence-electron chi connectivity index (χ1n) is 6.43. The largest absolute Gasteiger partial charge is 0.486 e. The van der Waals surface area contributed by atoms with Gasteiger partial charge in [-0.3, -0.25) is 10.1 Å². The van der Waals surface area contributed by atoms with E-state index < -0.39 is 4.92 Å². The van der Waals surface area contributed by atoms with E-state index in [1.165, 1.54) is 23.5 Å². The van der Waals surface area contributed by atoms with Crippen molar-refractivity contribution in [2.75, 3.05) is 0 Å². The molecule has 2 rings (SSSR count). The predicted molar refractivity (Wildman–Crippen MR) is 83.2 cm³/mol. The number of halogens is 1. The number of thiazole rings is 1. The number of hydrogen-bond acceptors (Lipinski definition) is 5. The van der Waals surface area contributed by atoms with Crippen LogP contribution in [-0.4, -0.2) is 9.91 Å². The van der Waals surface area contributed by atoms with Gasteiger partial charge in [-0.15, -0.1) is 22.9 Å². The van der Waals surface area contributed by atoms with Crippen molar-refractivity contribution in [2.24, 2.45) is 0 Å². The molecule has 0 N–H and O–H groups in total. The SMILES string of the molecule is CC(C)c1nc(COc2cccc([N+](=O)[O-])c2)sc1CCl. The van der Waals surface area contributed by atoms with E-state index in [9.17, 15) is 10.1 Å². The molecule has 21 heavy (non-hydrogen) atoms. The van der Waals surface area contributed by atoms with Crippen LogP contribution in [0.4, 0.5) is 5.69 Å². The molecule has 1 aromatic heterocycles. The maximum absolute atomic E-state index is 10.7. The van der Waals surface area contributed by atoms with Gasteiger partial charge in [0, 0.05) is 10.9 Å². The molecule has 0 spiro atoms. The highest BCUT2D eigenvalue weighted by atomic mass is 35.5. The molecule has 0 unspecified atom stereocenters. The van der Waals surface area contributed by atoms with Gasteiger partial charge in [-0.25, -0.2) is 4.98 Å². The summed E-state index contributed by atoms with van der Waals surface area (Å²) >= 11 is 7.43. The Balaban J connectivity index is 2.09. The number of ether oxygens (including phenoxy) is 1. The van der Waals surface area contributed by atoms with Crippen molar-refractivity contribution < 1.29 is 9.66 Å². The highest BCUT2D eigenvalue weighted by molar-refractivity contribution is 7.11. The summed E-state index contributed by atoms with van der Waals surface area (Å²) in [6.07, 6.45) is 0. The standard InChI is InChI=1S/C14H15ClN2O3S/c1-9(2)14-12(7-15)21-13(16-14)8-20-11-5-3-4-10(6-11)17(18)19/h3-6,9H,7-8H2,1-2H3. The number of nitro benzene ring substituents is 1. The molecule has 0 aliphatic heterocycles. The molecule has 0 aliphatic carbocycles. The average Bonchev–Trinajstić information content (AvgIpc) is 2.89. The molecule has 0 saturated heterocycles. The van der Waals surface area contributed by atoms with Crippen molar-refractivity contribution in [2.45, 2.75) is 32.3 Å². The monoisotopic (exact) mass is 326 g/mol. The van der Waals surface area contributed by atoms with Crippen LogP contribution in [0.1, 0.15) is 35.3 Å². The van der Waals surface area contributed by atoms with Crippen molar-refractivity contribution in [1.29, 1.82) is 0 Å². The Morgan fingerprint density at radius 1 is 1.48 bits per heavy atom. The highest BCUT2D eigenvalue weighted by Gasteiger charge is 2.14. The van der Waals surface area contributed by atoms with E-state index >= 15 is 0 Å². The zero-order chi connectivity index (χ0) is 15.4. The number of non-ortho nitro benzene ring substituents is 1. The number of alkyl halides is 1. The number of hydrogen-bond donors (Lipinski definition) is 0. The third-order valence-corrected chi connectivity index (χ3v) is 4.30. The molecule has 0 radical (unpaired) electrons. The maximum atomic E-state index is 10.7. The maximum Gasteiger partial charge on any atom is 0.273 e. The molecule has 5 nitrogen and oxygen atoms in total. The molecule has 0 aliphatic rings. The molecule has 0 atom stereocenters. The fourth-order valence-corrected chi connectivity index (χ4v) is 3.14. The van der Waals surface area contributed by atoms with Crippen LogP contribution >= 0.6 is 22.9 Å². The molecule has 0 bridgehead atoms. The molecule has 1 aromatic carbocycles. The molecular formula is C14H15ClN2O3S. The second kappa shape index (κ2) is 6.87. The Kier molecular flexibility index (Phi) is 5.14. The van der Waals surface area contributed by atoms with E-state index in [4.69, 9.17) is 16.3 Å². The van der Waals surface area contributed by atoms with Gasteiger partial charge in [0.15, 0.2) is 0 Å². The van der Waals surface area contributed by atoms with Crippen molar-refractivity contribution in [1.82, 2.24) is 4.98 Å². The number of nitrogens with zero attached hydrogens (tertiary/aromatic N) is 2. The van der Waals surface area contributed by atoms with Gasteiger partial charge in [-0.05, 0) is 12.0 Å². The van der Waals surface area contributed by atoms with Crippen LogP contribution in [-0.2, 0) is 12.5 Å². The molecule has 1 heterocycles. The quantitative estimate of drug-likeness (QED) is 0.445. The van der Waals surface area contributed by atoms with Gasteiger partial charge >= 0.3 is 0 Å². The van der Waals surface area contributed by atoms with Crippen LogP contribution in [0, 0.1) is 10.1 Å². The predicted octanol–water partition coefficient (Wildman–Crippen LogP) is 4.49. The topological polar surface area (TPSA) is 65.3 Å². The summed E-state index contributed by atoms with van der Waals surface area (Å²) < 4.78 is 5.58. The van der Waals surface area contributed by atoms with Crippen LogP contribution in [0.2, 0.25) is 0 Å². The fourth-order valence-electron chi connectivity index (χ4n) is 1.85. The van der Waals surface area contributed by atoms with Crippen LogP contribution in [0.3, 0.4) is 0 Å². The second-order valence-corrected chi connectivity index (χ2v) is 6.18. The first-order valence-corrected chi connectivity index (χ1v) is 7.78. The van der Waals surface area contributed by atoms with Crippen molar-refractivity contribution >= 4 is 28.6 Å². The lowest BCUT2D eigenvalue weighted by Gasteiger charge is -2.03. The van der Waals surface area contributed by atoms with Crippen molar-refractivity contribution in [3.05, 3.63) is 50.0 Å². The van der Waals surface area contributed by atoms with E-state index in [-0.39, 0.29) is 12.3 Å². The van der Waals surface area contributed by atoms with Crippen LogP contribution in [0.5, 0.6) is 5.75 Å². The number of benzene rings is 1. The highest BCUT2D eigenvalue weighted by Crippen LogP contribution is 2.28. The van der Waals surface area contributed by atoms with E-state index in [0.717, 1.165) is 15.6 Å². The van der Waals surface area contributed by atoms with Crippen LogP contribution in [0.25, 0.3) is 0 Å². The number of rotatable bonds is 6. The van der Waals surface area contributed by atoms with Gasteiger partial charge < -0.3 is 4.74 Å². The second-order valence-electron chi connectivity index (χ2n) is 4.75. The van der Waals surface area contributed by atoms with E-state index in [0.29, 0.717) is 17.5 Å². The molecule has 7 heteroatoms. The third kappa shape index (κ3) is 3.92. The van der Waals surface area contributed by atoms with E-state index in [2.05, 4.69) is 18.8 Å². The lowest BCUT2D eigenvalue weighted by Crippen LogP contribution is -1.97. The summed E-state index contributed by atoms with van der Waals surface area (Å²) in [7, 11) is 0. The minimum atomic E-state index is -0.446. The molecule has 0 saturated carbocycles. The Bertz CT molecular complexity index is 643. The fraction of sp³-hybridized carbons (Fsp3) is 0.357. The summed E-state index contributed by atoms with van der Waals surface area (Å²) in [5.41, 5.74) is 1.00. The molecule has 0 fully saturated rings. The average molecular weight is 327 g/mol. The third-order valence-electron chi connectivity index (χ3n) is 2.83. The van der Waals surface area contributed by atoms with Gasteiger partial charge in [0.25, 0.3) is 5.69 Å². The number of aromatic nitrogens is 1. The summed E-state index contributed by atoms with van der Waals surface area (Å²) in [5, 5.41) is 11.5. The summed E-state index contributed by atoms with van der Waals surface area (Å²) in [4.78, 5) is 15.8. The molecule has 2 aromatic rings. The Hall–Kier alpha value is -1.66. The summed E-state index contributed by atoms with van der Waals surface area (Å²) in [6, 6.07) is 6.11. The molecular weight excluding hydrogens is 312 g/mol. The van der Waals surface area contributed by atoms with E-state index in [1.54, 1.807) is 12.1 Å². The minimum Gasteiger partial charge on any atom is -0.486 e. The van der Waals surface area contributed by atoms with Crippen LogP contribution < -0.4 is 4.74 Å². The van der Waals surface area contributed by atoms with E-state index in [1.807, 2.05) is 0 Å². The lowest BCUT2D eigenvalue weighted by atomic mass is 10.1. The van der Waals surface area contributed by atoms with Crippen molar-refractivity contribution in [3.63, 3.8) is 0 Å². The smallest absolute Gasteiger partial charge is 0.273 e. The first-order chi connectivity index (χ1) is 10.0. The normalized spacial score (nSPS) is 10.9. The number of nitro groups is 1. The summed E-state index contributed by atoms with van der Waals surface area (Å²) in [5.74, 6) is 1.20. The Labute approximate surface area is 131 Å². The molecule has 112 valence electrons. The minimum absolute atomic E-state index is 0.0101. The van der Waals surface area contributed by atoms with Crippen molar-refractivity contribution in [3.8, 4) is 5.75 Å².